The Morgan fingerprint density at radius 2 is 2.28 bits per heavy atom. The fourth-order valence-corrected chi connectivity index (χ4v) is 1.91. The second kappa shape index (κ2) is 5.19. The Kier molecular flexibility index (Phi) is 3.63. The SMILES string of the molecule is CCCc1nn(-c2ccc(Br)cn2)c(N)c1C#N. The average molecular weight is 306 g/mol. The molecule has 2 N–H and O–H groups in total. The van der Waals surface area contributed by atoms with E-state index in [1.807, 2.05) is 13.0 Å². The van der Waals surface area contributed by atoms with Crippen LogP contribution in [0.5, 0.6) is 0 Å². The molecule has 18 heavy (non-hydrogen) atoms. The zero-order chi connectivity index (χ0) is 13.1. The number of hydrogen-bond acceptors (Lipinski definition) is 4. The average Bonchev–Trinajstić information content (AvgIpc) is 2.67. The largest absolute Gasteiger partial charge is 0.382 e. The number of nitrogen functional groups attached to an aromatic ring is 1. The zero-order valence-corrected chi connectivity index (χ0v) is 11.5. The summed E-state index contributed by atoms with van der Waals surface area (Å²) in [4.78, 5) is 4.22. The number of pyridine rings is 1. The van der Waals surface area contributed by atoms with Gasteiger partial charge in [0.2, 0.25) is 0 Å². The number of aryl methyl sites for hydroxylation is 1. The van der Waals surface area contributed by atoms with E-state index in [-0.39, 0.29) is 0 Å². The minimum absolute atomic E-state index is 0.343. The fourth-order valence-electron chi connectivity index (χ4n) is 1.68. The summed E-state index contributed by atoms with van der Waals surface area (Å²) >= 11 is 3.32. The molecule has 5 nitrogen and oxygen atoms in total. The predicted octanol–water partition coefficient (Wildman–Crippen LogP) is 2.44. The first-order valence-corrected chi connectivity index (χ1v) is 6.36. The minimum Gasteiger partial charge on any atom is -0.382 e. The van der Waals surface area contributed by atoms with Gasteiger partial charge in [0, 0.05) is 10.7 Å². The lowest BCUT2D eigenvalue weighted by Gasteiger charge is -2.02. The molecule has 0 atom stereocenters. The highest BCUT2D eigenvalue weighted by Gasteiger charge is 2.16. The third-order valence-corrected chi connectivity index (χ3v) is 2.99. The molecule has 0 aromatic carbocycles. The fraction of sp³-hybridized carbons (Fsp3) is 0.250. The van der Waals surface area contributed by atoms with Crippen molar-refractivity contribution in [1.82, 2.24) is 14.8 Å². The van der Waals surface area contributed by atoms with Crippen molar-refractivity contribution in [2.24, 2.45) is 0 Å². The summed E-state index contributed by atoms with van der Waals surface area (Å²) in [7, 11) is 0. The van der Waals surface area contributed by atoms with Gasteiger partial charge in [-0.2, -0.15) is 15.0 Å². The Morgan fingerprint density at radius 3 is 2.83 bits per heavy atom. The van der Waals surface area contributed by atoms with Crippen molar-refractivity contribution in [3.63, 3.8) is 0 Å². The quantitative estimate of drug-likeness (QED) is 0.944. The number of nitriles is 1. The van der Waals surface area contributed by atoms with Crippen LogP contribution >= 0.6 is 15.9 Å². The zero-order valence-electron chi connectivity index (χ0n) is 9.89. The molecule has 0 bridgehead atoms. The molecule has 92 valence electrons. The molecule has 0 aliphatic rings. The van der Waals surface area contributed by atoms with Crippen LogP contribution in [0.4, 0.5) is 5.82 Å². The van der Waals surface area contributed by atoms with Gasteiger partial charge in [0.05, 0.1) is 5.69 Å². The predicted molar refractivity (Wildman–Crippen MR) is 72.2 cm³/mol. The van der Waals surface area contributed by atoms with Gasteiger partial charge in [-0.3, -0.25) is 0 Å². The number of nitrogens with two attached hydrogens (primary N) is 1. The molecular formula is C12H12BrN5. The maximum absolute atomic E-state index is 9.12. The van der Waals surface area contributed by atoms with E-state index in [2.05, 4.69) is 32.1 Å². The van der Waals surface area contributed by atoms with Crippen molar-refractivity contribution in [2.45, 2.75) is 19.8 Å². The first kappa shape index (κ1) is 12.6. The van der Waals surface area contributed by atoms with Gasteiger partial charge in [0.25, 0.3) is 0 Å². The summed E-state index contributed by atoms with van der Waals surface area (Å²) in [6.07, 6.45) is 3.32. The van der Waals surface area contributed by atoms with Crippen LogP contribution in [0.1, 0.15) is 24.6 Å². The smallest absolute Gasteiger partial charge is 0.155 e. The van der Waals surface area contributed by atoms with Gasteiger partial charge in [-0.1, -0.05) is 13.3 Å². The molecule has 0 radical (unpaired) electrons. The molecule has 0 saturated carbocycles. The Balaban J connectivity index is 2.52. The van der Waals surface area contributed by atoms with E-state index in [0.29, 0.717) is 17.2 Å². The van der Waals surface area contributed by atoms with Gasteiger partial charge >= 0.3 is 0 Å². The Hall–Kier alpha value is -1.87. The molecule has 0 aliphatic heterocycles. The Bertz CT molecular complexity index is 594. The standard InChI is InChI=1S/C12H12BrN5/c1-2-3-10-9(6-14)12(15)18(17-10)11-5-4-8(13)7-16-11/h4-5,7H,2-3,15H2,1H3. The van der Waals surface area contributed by atoms with Gasteiger partial charge in [0.15, 0.2) is 5.82 Å². The van der Waals surface area contributed by atoms with Gasteiger partial charge < -0.3 is 5.73 Å². The van der Waals surface area contributed by atoms with Crippen LogP contribution < -0.4 is 5.73 Å². The van der Waals surface area contributed by atoms with Gasteiger partial charge in [-0.25, -0.2) is 4.98 Å². The molecule has 0 fully saturated rings. The number of rotatable bonds is 3. The molecule has 0 amide bonds. The molecule has 0 saturated heterocycles. The molecular weight excluding hydrogens is 294 g/mol. The summed E-state index contributed by atoms with van der Waals surface area (Å²) in [6.45, 7) is 2.04. The number of halogens is 1. The first-order chi connectivity index (χ1) is 8.67. The van der Waals surface area contributed by atoms with Crippen molar-refractivity contribution in [3.8, 4) is 11.9 Å². The topological polar surface area (TPSA) is 80.5 Å². The lowest BCUT2D eigenvalue weighted by Crippen LogP contribution is -2.04. The summed E-state index contributed by atoms with van der Waals surface area (Å²) < 4.78 is 2.39. The van der Waals surface area contributed by atoms with E-state index in [1.165, 1.54) is 4.68 Å². The van der Waals surface area contributed by atoms with Gasteiger partial charge in [-0.05, 0) is 34.5 Å². The summed E-state index contributed by atoms with van der Waals surface area (Å²) in [6, 6.07) is 5.76. The summed E-state index contributed by atoms with van der Waals surface area (Å²) in [5.74, 6) is 0.949. The maximum atomic E-state index is 9.12. The summed E-state index contributed by atoms with van der Waals surface area (Å²) in [5.41, 5.74) is 7.11. The van der Waals surface area contributed by atoms with Gasteiger partial charge in [-0.15, -0.1) is 0 Å². The molecule has 0 spiro atoms. The second-order valence-electron chi connectivity index (χ2n) is 3.82. The second-order valence-corrected chi connectivity index (χ2v) is 4.73. The van der Waals surface area contributed by atoms with Crippen LogP contribution in [-0.2, 0) is 6.42 Å². The van der Waals surface area contributed by atoms with Gasteiger partial charge in [0.1, 0.15) is 17.5 Å². The monoisotopic (exact) mass is 305 g/mol. The van der Waals surface area contributed by atoms with Crippen LogP contribution in [0, 0.1) is 11.3 Å². The highest BCUT2D eigenvalue weighted by atomic mass is 79.9. The van der Waals surface area contributed by atoms with Crippen molar-refractivity contribution < 1.29 is 0 Å². The van der Waals surface area contributed by atoms with Crippen LogP contribution in [0.2, 0.25) is 0 Å². The maximum Gasteiger partial charge on any atom is 0.155 e. The van der Waals surface area contributed by atoms with Crippen LogP contribution in [0.3, 0.4) is 0 Å². The molecule has 0 aliphatic carbocycles. The molecule has 2 aromatic heterocycles. The number of aromatic nitrogens is 3. The number of nitrogens with zero attached hydrogens (tertiary/aromatic N) is 4. The Labute approximate surface area is 113 Å². The summed E-state index contributed by atoms with van der Waals surface area (Å²) in [5, 5.41) is 13.5. The van der Waals surface area contributed by atoms with Crippen molar-refractivity contribution in [3.05, 3.63) is 34.1 Å². The molecule has 6 heteroatoms. The molecule has 0 unspecified atom stereocenters. The van der Waals surface area contributed by atoms with E-state index in [0.717, 1.165) is 23.0 Å². The van der Waals surface area contributed by atoms with E-state index in [9.17, 15) is 0 Å². The molecule has 2 rings (SSSR count). The van der Waals surface area contributed by atoms with E-state index >= 15 is 0 Å². The van der Waals surface area contributed by atoms with E-state index in [1.54, 1.807) is 12.3 Å². The third-order valence-electron chi connectivity index (χ3n) is 2.52. The molecule has 2 heterocycles. The van der Waals surface area contributed by atoms with Crippen molar-refractivity contribution in [1.29, 1.82) is 5.26 Å². The lowest BCUT2D eigenvalue weighted by atomic mass is 10.2. The van der Waals surface area contributed by atoms with Crippen LogP contribution in [0.15, 0.2) is 22.8 Å². The van der Waals surface area contributed by atoms with Crippen LogP contribution in [0.25, 0.3) is 5.82 Å². The molecule has 2 aromatic rings. The highest BCUT2D eigenvalue weighted by molar-refractivity contribution is 9.10. The Morgan fingerprint density at radius 1 is 1.50 bits per heavy atom. The number of hydrogen-bond donors (Lipinski definition) is 1. The number of anilines is 1. The normalized spacial score (nSPS) is 10.3. The van der Waals surface area contributed by atoms with Crippen molar-refractivity contribution >= 4 is 21.7 Å². The lowest BCUT2D eigenvalue weighted by molar-refractivity contribution is 0.795. The van der Waals surface area contributed by atoms with Crippen molar-refractivity contribution in [2.75, 3.05) is 5.73 Å². The highest BCUT2D eigenvalue weighted by Crippen LogP contribution is 2.21. The third kappa shape index (κ3) is 2.22. The first-order valence-electron chi connectivity index (χ1n) is 5.56. The van der Waals surface area contributed by atoms with Crippen LogP contribution in [-0.4, -0.2) is 14.8 Å². The minimum atomic E-state index is 0.343. The van der Waals surface area contributed by atoms with E-state index in [4.69, 9.17) is 11.0 Å². The van der Waals surface area contributed by atoms with E-state index < -0.39 is 0 Å².